The first kappa shape index (κ1) is 18.2. The number of carbonyl (C=O) groups is 2. The largest absolute Gasteiger partial charge is 0.465 e. The summed E-state index contributed by atoms with van der Waals surface area (Å²) < 4.78 is 10.3. The molecule has 0 aliphatic heterocycles. The molecule has 0 aliphatic rings. The molecule has 0 fully saturated rings. The van der Waals surface area contributed by atoms with Crippen molar-refractivity contribution in [1.82, 2.24) is 0 Å². The number of rotatable bonds is 7. The summed E-state index contributed by atoms with van der Waals surface area (Å²) in [6.45, 7) is 3.91. The number of ether oxygens (including phenoxy) is 2. The zero-order valence-corrected chi connectivity index (χ0v) is 14.7. The smallest absolute Gasteiger partial charge is 0.325 e. The molecular formula is C19H21O4P. The summed E-state index contributed by atoms with van der Waals surface area (Å²) in [6, 6.07) is 19.2. The second kappa shape index (κ2) is 9.19. The van der Waals surface area contributed by atoms with Gasteiger partial charge in [0.05, 0.1) is 13.2 Å². The standard InChI is InChI=1S/C19H21O4P/c1-3-22-18(20)17(19(21)23-4-2)24(15-11-7-5-8-12-15)16-13-9-6-10-14-16/h5-14,17H,3-4H2,1-2H3. The van der Waals surface area contributed by atoms with Crippen LogP contribution in [0.25, 0.3) is 0 Å². The van der Waals surface area contributed by atoms with Crippen LogP contribution in [0, 0.1) is 0 Å². The number of hydrogen-bond donors (Lipinski definition) is 0. The second-order valence-corrected chi connectivity index (χ2v) is 7.24. The van der Waals surface area contributed by atoms with Crippen molar-refractivity contribution in [2.24, 2.45) is 0 Å². The Morgan fingerprint density at radius 1 is 0.792 bits per heavy atom. The van der Waals surface area contributed by atoms with Crippen LogP contribution in [0.1, 0.15) is 13.8 Å². The Kier molecular flexibility index (Phi) is 6.95. The van der Waals surface area contributed by atoms with Crippen molar-refractivity contribution in [1.29, 1.82) is 0 Å². The van der Waals surface area contributed by atoms with Gasteiger partial charge in [0.25, 0.3) is 0 Å². The molecule has 2 aromatic rings. The number of hydrogen-bond acceptors (Lipinski definition) is 4. The van der Waals surface area contributed by atoms with Crippen LogP contribution < -0.4 is 10.6 Å². The molecule has 0 unspecified atom stereocenters. The van der Waals surface area contributed by atoms with Crippen LogP contribution in [0.3, 0.4) is 0 Å². The lowest BCUT2D eigenvalue weighted by atomic mass is 10.4. The average molecular weight is 344 g/mol. The van der Waals surface area contributed by atoms with E-state index in [-0.39, 0.29) is 13.2 Å². The number of benzene rings is 2. The molecule has 0 atom stereocenters. The van der Waals surface area contributed by atoms with Crippen molar-refractivity contribution in [2.75, 3.05) is 13.2 Å². The summed E-state index contributed by atoms with van der Waals surface area (Å²) >= 11 is 0. The third kappa shape index (κ3) is 4.42. The molecule has 0 amide bonds. The molecule has 0 spiro atoms. The first-order valence-corrected chi connectivity index (χ1v) is 9.32. The predicted molar refractivity (Wildman–Crippen MR) is 96.1 cm³/mol. The molecule has 0 bridgehead atoms. The van der Waals surface area contributed by atoms with E-state index < -0.39 is 25.5 Å². The molecule has 0 N–H and O–H groups in total. The maximum atomic E-state index is 12.5. The fourth-order valence-electron chi connectivity index (χ4n) is 2.37. The van der Waals surface area contributed by atoms with Gasteiger partial charge in [-0.3, -0.25) is 9.59 Å². The van der Waals surface area contributed by atoms with Gasteiger partial charge in [0.2, 0.25) is 0 Å². The summed E-state index contributed by atoms with van der Waals surface area (Å²) in [4.78, 5) is 25.1. The average Bonchev–Trinajstić information content (AvgIpc) is 2.61. The van der Waals surface area contributed by atoms with Crippen molar-refractivity contribution < 1.29 is 19.1 Å². The molecule has 0 radical (unpaired) electrons. The molecule has 0 heterocycles. The summed E-state index contributed by atoms with van der Waals surface area (Å²) in [7, 11) is -1.27. The highest BCUT2D eigenvalue weighted by atomic mass is 31.1. The molecule has 5 heteroatoms. The normalized spacial score (nSPS) is 10.7. The van der Waals surface area contributed by atoms with Crippen molar-refractivity contribution in [3.8, 4) is 0 Å². The molecule has 2 rings (SSSR count). The highest BCUT2D eigenvalue weighted by Gasteiger charge is 2.39. The molecule has 24 heavy (non-hydrogen) atoms. The topological polar surface area (TPSA) is 52.6 Å². The zero-order valence-electron chi connectivity index (χ0n) is 13.8. The zero-order chi connectivity index (χ0) is 17.4. The maximum Gasteiger partial charge on any atom is 0.325 e. The van der Waals surface area contributed by atoms with E-state index in [1.165, 1.54) is 0 Å². The minimum absolute atomic E-state index is 0.224. The highest BCUT2D eigenvalue weighted by molar-refractivity contribution is 7.75. The van der Waals surface area contributed by atoms with E-state index in [1.54, 1.807) is 13.8 Å². The van der Waals surface area contributed by atoms with Crippen molar-refractivity contribution in [3.63, 3.8) is 0 Å². The Balaban J connectivity index is 2.52. The van der Waals surface area contributed by atoms with Crippen LogP contribution in [0.15, 0.2) is 60.7 Å². The van der Waals surface area contributed by atoms with Crippen molar-refractivity contribution in [3.05, 3.63) is 60.7 Å². The number of esters is 2. The van der Waals surface area contributed by atoms with E-state index in [4.69, 9.17) is 9.47 Å². The highest BCUT2D eigenvalue weighted by Crippen LogP contribution is 2.40. The Morgan fingerprint density at radius 3 is 1.50 bits per heavy atom. The third-order valence-corrected chi connectivity index (χ3v) is 5.99. The molecule has 2 aromatic carbocycles. The van der Waals surface area contributed by atoms with Crippen molar-refractivity contribution in [2.45, 2.75) is 19.5 Å². The van der Waals surface area contributed by atoms with Gasteiger partial charge >= 0.3 is 11.9 Å². The monoisotopic (exact) mass is 344 g/mol. The van der Waals surface area contributed by atoms with E-state index in [1.807, 2.05) is 60.7 Å². The SMILES string of the molecule is CCOC(=O)C(C(=O)OCC)P(c1ccccc1)c1ccccc1. The van der Waals surface area contributed by atoms with E-state index in [0.717, 1.165) is 10.6 Å². The molecule has 0 saturated carbocycles. The second-order valence-electron chi connectivity index (χ2n) is 4.95. The fraction of sp³-hybridized carbons (Fsp3) is 0.263. The van der Waals surface area contributed by atoms with E-state index in [0.29, 0.717) is 0 Å². The molecule has 4 nitrogen and oxygen atoms in total. The lowest BCUT2D eigenvalue weighted by molar-refractivity contribution is -0.153. The van der Waals surface area contributed by atoms with Gasteiger partial charge in [-0.25, -0.2) is 0 Å². The predicted octanol–water partition coefficient (Wildman–Crippen LogP) is 2.61. The van der Waals surface area contributed by atoms with Crippen LogP contribution in [-0.4, -0.2) is 30.8 Å². The first-order valence-electron chi connectivity index (χ1n) is 7.91. The van der Waals surface area contributed by atoms with Crippen LogP contribution >= 0.6 is 7.92 Å². The summed E-state index contributed by atoms with van der Waals surface area (Å²) in [5, 5.41) is 1.87. The fourth-order valence-corrected chi connectivity index (χ4v) is 4.83. The summed E-state index contributed by atoms with van der Waals surface area (Å²) in [5.74, 6) is -1.07. The Labute approximate surface area is 143 Å². The van der Waals surface area contributed by atoms with Gasteiger partial charge in [-0.2, -0.15) is 0 Å². The molecule has 0 aromatic heterocycles. The van der Waals surface area contributed by atoms with E-state index in [9.17, 15) is 9.59 Å². The molecule has 0 saturated heterocycles. The third-order valence-electron chi connectivity index (χ3n) is 3.35. The van der Waals surface area contributed by atoms with Gasteiger partial charge in [0.15, 0.2) is 5.66 Å². The minimum atomic E-state index is -1.27. The van der Waals surface area contributed by atoms with Gasteiger partial charge in [-0.05, 0) is 32.4 Å². The summed E-state index contributed by atoms with van der Waals surface area (Å²) in [6.07, 6.45) is 0. The van der Waals surface area contributed by atoms with Crippen molar-refractivity contribution >= 4 is 30.5 Å². The summed E-state index contributed by atoms with van der Waals surface area (Å²) in [5.41, 5.74) is -0.968. The van der Waals surface area contributed by atoms with Gasteiger partial charge in [-0.15, -0.1) is 0 Å². The quantitative estimate of drug-likeness (QED) is 0.440. The molecule has 0 aliphatic carbocycles. The van der Waals surface area contributed by atoms with Crippen LogP contribution in [0.4, 0.5) is 0 Å². The number of carbonyl (C=O) groups excluding carboxylic acids is 2. The van der Waals surface area contributed by atoms with Gasteiger partial charge in [0.1, 0.15) is 0 Å². The van der Waals surface area contributed by atoms with E-state index in [2.05, 4.69) is 0 Å². The lowest BCUT2D eigenvalue weighted by Gasteiger charge is -2.25. The Morgan fingerprint density at radius 2 is 1.17 bits per heavy atom. The minimum Gasteiger partial charge on any atom is -0.465 e. The van der Waals surface area contributed by atoms with Gasteiger partial charge < -0.3 is 9.47 Å². The lowest BCUT2D eigenvalue weighted by Crippen LogP contribution is -2.37. The van der Waals surface area contributed by atoms with Gasteiger partial charge in [0, 0.05) is 0 Å². The Hall–Kier alpha value is -2.19. The first-order chi connectivity index (χ1) is 11.7. The van der Waals surface area contributed by atoms with Crippen LogP contribution in [0.2, 0.25) is 0 Å². The Bertz CT molecular complexity index is 600. The molecular weight excluding hydrogens is 323 g/mol. The van der Waals surface area contributed by atoms with E-state index >= 15 is 0 Å². The molecule has 126 valence electrons. The van der Waals surface area contributed by atoms with Gasteiger partial charge in [-0.1, -0.05) is 60.7 Å². The van der Waals surface area contributed by atoms with Crippen LogP contribution in [0.5, 0.6) is 0 Å². The maximum absolute atomic E-state index is 12.5. The van der Waals surface area contributed by atoms with Crippen LogP contribution in [-0.2, 0) is 19.1 Å².